The van der Waals surface area contributed by atoms with E-state index in [4.69, 9.17) is 21.6 Å². The van der Waals surface area contributed by atoms with Crippen LogP contribution in [0.15, 0.2) is 18.2 Å². The van der Waals surface area contributed by atoms with Crippen LogP contribution in [0.5, 0.6) is 5.75 Å². The highest BCUT2D eigenvalue weighted by molar-refractivity contribution is 6.30. The number of nitrogens with one attached hydrogen (secondary N) is 2. The first-order valence-corrected chi connectivity index (χ1v) is 10.6. The fourth-order valence-electron chi connectivity index (χ4n) is 3.16. The average Bonchev–Trinajstić information content (AvgIpc) is 3.00. The van der Waals surface area contributed by atoms with Gasteiger partial charge in [-0.15, -0.1) is 0 Å². The Hall–Kier alpha value is -3.05. The second-order valence-corrected chi connectivity index (χ2v) is 7.68. The lowest BCUT2D eigenvalue weighted by Crippen LogP contribution is -2.41. The molecule has 2 rings (SSSR count). The van der Waals surface area contributed by atoms with E-state index < -0.39 is 0 Å². The monoisotopic (exact) mass is 445 g/mol. The summed E-state index contributed by atoms with van der Waals surface area (Å²) in [5.74, 6) is 0.186. The maximum absolute atomic E-state index is 12.1. The zero-order chi connectivity index (χ0) is 22.8. The van der Waals surface area contributed by atoms with E-state index in [1.807, 2.05) is 26.8 Å². The van der Waals surface area contributed by atoms with Crippen molar-refractivity contribution < 1.29 is 14.3 Å². The number of nitrogens with zero attached hydrogens (tertiary/aromatic N) is 3. The maximum atomic E-state index is 12.1. The summed E-state index contributed by atoms with van der Waals surface area (Å²) in [6.45, 7) is 6.65. The third-order valence-corrected chi connectivity index (χ3v) is 5.09. The SMILES string of the molecule is Cc1cc(Cl)ccc1OCCCC(=O)NNC(=O)CCc1c(C)nn(CCC#N)c1C. The van der Waals surface area contributed by atoms with Gasteiger partial charge >= 0.3 is 0 Å². The number of amides is 2. The van der Waals surface area contributed by atoms with Crippen LogP contribution in [0.2, 0.25) is 5.02 Å². The number of rotatable bonds is 10. The van der Waals surface area contributed by atoms with Crippen molar-refractivity contribution in [2.45, 2.75) is 59.4 Å². The lowest BCUT2D eigenvalue weighted by Gasteiger charge is -2.10. The average molecular weight is 446 g/mol. The van der Waals surface area contributed by atoms with Gasteiger partial charge in [0.1, 0.15) is 5.75 Å². The molecule has 0 radical (unpaired) electrons. The van der Waals surface area contributed by atoms with E-state index in [-0.39, 0.29) is 24.7 Å². The van der Waals surface area contributed by atoms with E-state index in [1.54, 1.807) is 16.8 Å². The van der Waals surface area contributed by atoms with Crippen LogP contribution in [0.1, 0.15) is 48.2 Å². The molecule has 0 aliphatic rings. The van der Waals surface area contributed by atoms with Gasteiger partial charge in [0, 0.05) is 23.6 Å². The van der Waals surface area contributed by atoms with Crippen LogP contribution in [-0.2, 0) is 22.6 Å². The van der Waals surface area contributed by atoms with Crippen molar-refractivity contribution in [2.24, 2.45) is 0 Å². The van der Waals surface area contributed by atoms with Gasteiger partial charge in [-0.3, -0.25) is 25.1 Å². The van der Waals surface area contributed by atoms with Crippen LogP contribution in [0, 0.1) is 32.1 Å². The Kier molecular flexibility index (Phi) is 9.35. The summed E-state index contributed by atoms with van der Waals surface area (Å²) in [6, 6.07) is 7.48. The molecular weight excluding hydrogens is 418 g/mol. The Labute approximate surface area is 187 Å². The molecule has 8 nitrogen and oxygen atoms in total. The topological polar surface area (TPSA) is 109 Å². The van der Waals surface area contributed by atoms with Gasteiger partial charge in [-0.1, -0.05) is 11.6 Å². The number of halogens is 1. The first-order valence-electron chi connectivity index (χ1n) is 10.2. The molecule has 0 saturated heterocycles. The Morgan fingerprint density at radius 2 is 1.90 bits per heavy atom. The summed E-state index contributed by atoms with van der Waals surface area (Å²) >= 11 is 5.91. The number of hydrogen-bond donors (Lipinski definition) is 2. The van der Waals surface area contributed by atoms with Gasteiger partial charge in [0.15, 0.2) is 0 Å². The highest BCUT2D eigenvalue weighted by Gasteiger charge is 2.13. The van der Waals surface area contributed by atoms with Crippen LogP contribution >= 0.6 is 11.6 Å². The molecule has 0 atom stereocenters. The lowest BCUT2D eigenvalue weighted by molar-refractivity contribution is -0.129. The molecule has 166 valence electrons. The van der Waals surface area contributed by atoms with E-state index in [2.05, 4.69) is 22.0 Å². The number of aryl methyl sites for hydroxylation is 3. The minimum atomic E-state index is -0.276. The number of ether oxygens (including phenoxy) is 1. The van der Waals surface area contributed by atoms with Crippen molar-refractivity contribution >= 4 is 23.4 Å². The van der Waals surface area contributed by atoms with E-state index in [9.17, 15) is 9.59 Å². The number of carbonyl (C=O) groups excluding carboxylic acids is 2. The molecule has 0 unspecified atom stereocenters. The molecule has 0 aliphatic heterocycles. The lowest BCUT2D eigenvalue weighted by atomic mass is 10.1. The number of aromatic nitrogens is 2. The van der Waals surface area contributed by atoms with Gasteiger partial charge in [-0.05, 0) is 62.9 Å². The second-order valence-electron chi connectivity index (χ2n) is 7.24. The zero-order valence-electron chi connectivity index (χ0n) is 18.1. The van der Waals surface area contributed by atoms with Crippen LogP contribution in [0.25, 0.3) is 0 Å². The molecule has 2 N–H and O–H groups in total. The smallest absolute Gasteiger partial charge is 0.238 e. The zero-order valence-corrected chi connectivity index (χ0v) is 18.9. The van der Waals surface area contributed by atoms with E-state index in [0.717, 1.165) is 28.3 Å². The minimum absolute atomic E-state index is 0.227. The molecular formula is C22H28ClN5O3. The number of hydrazine groups is 1. The van der Waals surface area contributed by atoms with Crippen LogP contribution in [0.3, 0.4) is 0 Å². The highest BCUT2D eigenvalue weighted by atomic mass is 35.5. The van der Waals surface area contributed by atoms with Crippen molar-refractivity contribution in [2.75, 3.05) is 6.61 Å². The van der Waals surface area contributed by atoms with Crippen LogP contribution in [0.4, 0.5) is 0 Å². The Morgan fingerprint density at radius 3 is 2.58 bits per heavy atom. The van der Waals surface area contributed by atoms with Gasteiger partial charge in [0.05, 0.1) is 31.3 Å². The molecule has 1 aromatic carbocycles. The molecule has 1 heterocycles. The van der Waals surface area contributed by atoms with Crippen LogP contribution in [-0.4, -0.2) is 28.2 Å². The molecule has 2 aromatic rings. The highest BCUT2D eigenvalue weighted by Crippen LogP contribution is 2.22. The van der Waals surface area contributed by atoms with Crippen molar-refractivity contribution in [3.8, 4) is 11.8 Å². The van der Waals surface area contributed by atoms with Gasteiger partial charge in [0.25, 0.3) is 0 Å². The largest absolute Gasteiger partial charge is 0.493 e. The summed E-state index contributed by atoms with van der Waals surface area (Å²) in [5, 5.41) is 13.8. The normalized spacial score (nSPS) is 10.4. The molecule has 0 aliphatic carbocycles. The van der Waals surface area contributed by atoms with Crippen molar-refractivity contribution in [1.29, 1.82) is 5.26 Å². The standard InChI is InChI=1S/C22H28ClN5O3/c1-15-14-18(23)7-9-20(15)31-13-4-6-21(29)25-26-22(30)10-8-19-16(2)27-28(17(19)3)12-5-11-24/h7,9,14H,4-6,8,10,12-13H2,1-3H3,(H,25,29)(H,26,30). The predicted molar refractivity (Wildman–Crippen MR) is 117 cm³/mol. The molecule has 9 heteroatoms. The fraction of sp³-hybridized carbons (Fsp3) is 0.455. The first kappa shape index (κ1) is 24.2. The maximum Gasteiger partial charge on any atom is 0.238 e. The number of carbonyl (C=O) groups is 2. The van der Waals surface area contributed by atoms with Crippen molar-refractivity contribution in [3.05, 3.63) is 45.7 Å². The molecule has 0 spiro atoms. The summed E-state index contributed by atoms with van der Waals surface area (Å²) in [4.78, 5) is 24.0. The third-order valence-electron chi connectivity index (χ3n) is 4.85. The summed E-state index contributed by atoms with van der Waals surface area (Å²) in [5.41, 5.74) is 8.61. The second kappa shape index (κ2) is 12.0. The van der Waals surface area contributed by atoms with Crippen LogP contribution < -0.4 is 15.6 Å². The predicted octanol–water partition coefficient (Wildman–Crippen LogP) is 3.31. The number of hydrogen-bond acceptors (Lipinski definition) is 5. The van der Waals surface area contributed by atoms with Gasteiger partial charge in [-0.2, -0.15) is 10.4 Å². The molecule has 2 amide bonds. The van der Waals surface area contributed by atoms with Gasteiger partial charge in [-0.25, -0.2) is 0 Å². The summed E-state index contributed by atoms with van der Waals surface area (Å²) in [7, 11) is 0. The Bertz CT molecular complexity index is 965. The summed E-state index contributed by atoms with van der Waals surface area (Å²) < 4.78 is 7.45. The first-order chi connectivity index (χ1) is 14.8. The number of benzene rings is 1. The van der Waals surface area contributed by atoms with E-state index >= 15 is 0 Å². The third kappa shape index (κ3) is 7.61. The van der Waals surface area contributed by atoms with Gasteiger partial charge < -0.3 is 4.74 Å². The molecule has 0 fully saturated rings. The molecule has 1 aromatic heterocycles. The summed E-state index contributed by atoms with van der Waals surface area (Å²) in [6.07, 6.45) is 1.88. The van der Waals surface area contributed by atoms with E-state index in [1.165, 1.54) is 0 Å². The molecule has 0 bridgehead atoms. The fourth-order valence-corrected chi connectivity index (χ4v) is 3.39. The molecule has 31 heavy (non-hydrogen) atoms. The Morgan fingerprint density at radius 1 is 1.19 bits per heavy atom. The Balaban J connectivity index is 1.66. The van der Waals surface area contributed by atoms with E-state index in [0.29, 0.717) is 37.4 Å². The van der Waals surface area contributed by atoms with Gasteiger partial charge in [0.2, 0.25) is 11.8 Å². The van der Waals surface area contributed by atoms with Crippen molar-refractivity contribution in [1.82, 2.24) is 20.6 Å². The quantitative estimate of drug-likeness (QED) is 0.430. The molecule has 0 saturated carbocycles. The minimum Gasteiger partial charge on any atom is -0.493 e. The number of nitriles is 1. The van der Waals surface area contributed by atoms with Crippen molar-refractivity contribution in [3.63, 3.8) is 0 Å².